The van der Waals surface area contributed by atoms with E-state index in [-0.39, 0.29) is 6.04 Å². The Morgan fingerprint density at radius 1 is 1.11 bits per heavy atom. The SMILES string of the molecule is CCN(C(=O)C[C@@H]1CCC[C@H]1N)C1CCCCC1. The van der Waals surface area contributed by atoms with Crippen molar-refractivity contribution in [3.05, 3.63) is 0 Å². The van der Waals surface area contributed by atoms with Crippen LogP contribution < -0.4 is 5.73 Å². The van der Waals surface area contributed by atoms with Crippen LogP contribution in [-0.4, -0.2) is 29.4 Å². The van der Waals surface area contributed by atoms with Gasteiger partial charge in [0.2, 0.25) is 5.91 Å². The van der Waals surface area contributed by atoms with E-state index in [0.717, 1.165) is 19.4 Å². The third-order valence-corrected chi connectivity index (χ3v) is 4.83. The van der Waals surface area contributed by atoms with Gasteiger partial charge in [-0.3, -0.25) is 4.79 Å². The molecule has 2 atom stereocenters. The molecule has 104 valence electrons. The van der Waals surface area contributed by atoms with Crippen molar-refractivity contribution in [2.75, 3.05) is 6.54 Å². The van der Waals surface area contributed by atoms with Gasteiger partial charge in [-0.05, 0) is 38.5 Å². The average Bonchev–Trinajstić information content (AvgIpc) is 2.77. The number of carbonyl (C=O) groups excluding carboxylic acids is 1. The van der Waals surface area contributed by atoms with Gasteiger partial charge in [0.05, 0.1) is 0 Å². The highest BCUT2D eigenvalue weighted by Crippen LogP contribution is 2.29. The second kappa shape index (κ2) is 6.55. The number of hydrogen-bond donors (Lipinski definition) is 1. The predicted octanol–water partition coefficient (Wildman–Crippen LogP) is 2.69. The number of hydrogen-bond acceptors (Lipinski definition) is 2. The topological polar surface area (TPSA) is 46.3 Å². The first-order chi connectivity index (χ1) is 8.72. The van der Waals surface area contributed by atoms with E-state index in [4.69, 9.17) is 5.73 Å². The molecule has 3 heteroatoms. The molecule has 0 heterocycles. The lowest BCUT2D eigenvalue weighted by atomic mass is 9.93. The van der Waals surface area contributed by atoms with Gasteiger partial charge in [0.25, 0.3) is 0 Å². The Kier molecular flexibility index (Phi) is 5.04. The number of rotatable bonds is 4. The molecule has 18 heavy (non-hydrogen) atoms. The summed E-state index contributed by atoms with van der Waals surface area (Å²) in [6, 6.07) is 0.771. The third-order valence-electron chi connectivity index (χ3n) is 4.83. The average molecular weight is 252 g/mol. The van der Waals surface area contributed by atoms with Crippen LogP contribution in [-0.2, 0) is 4.79 Å². The molecule has 0 bridgehead atoms. The highest BCUT2D eigenvalue weighted by atomic mass is 16.2. The summed E-state index contributed by atoms with van der Waals surface area (Å²) >= 11 is 0. The van der Waals surface area contributed by atoms with Crippen molar-refractivity contribution in [1.29, 1.82) is 0 Å². The molecule has 0 aromatic rings. The zero-order valence-electron chi connectivity index (χ0n) is 11.7. The van der Waals surface area contributed by atoms with E-state index in [1.54, 1.807) is 0 Å². The van der Waals surface area contributed by atoms with Crippen molar-refractivity contribution in [2.24, 2.45) is 11.7 Å². The standard InChI is InChI=1S/C15H28N2O/c1-2-17(13-8-4-3-5-9-13)15(18)11-12-7-6-10-14(12)16/h12-14H,2-11,16H2,1H3/t12-,14+/m0/s1. The Labute approximate surface area is 111 Å². The van der Waals surface area contributed by atoms with E-state index in [1.165, 1.54) is 38.5 Å². The lowest BCUT2D eigenvalue weighted by Crippen LogP contribution is -2.42. The number of carbonyl (C=O) groups is 1. The molecular weight excluding hydrogens is 224 g/mol. The van der Waals surface area contributed by atoms with Gasteiger partial charge in [-0.25, -0.2) is 0 Å². The third kappa shape index (κ3) is 3.25. The summed E-state index contributed by atoms with van der Waals surface area (Å²) in [6.45, 7) is 2.98. The van der Waals surface area contributed by atoms with Gasteiger partial charge in [-0.15, -0.1) is 0 Å². The van der Waals surface area contributed by atoms with Crippen LogP contribution in [0.15, 0.2) is 0 Å². The molecule has 0 spiro atoms. The zero-order valence-corrected chi connectivity index (χ0v) is 11.7. The fourth-order valence-electron chi connectivity index (χ4n) is 3.69. The van der Waals surface area contributed by atoms with Gasteiger partial charge in [0, 0.05) is 25.0 Å². The van der Waals surface area contributed by atoms with Crippen molar-refractivity contribution in [2.45, 2.75) is 76.8 Å². The lowest BCUT2D eigenvalue weighted by molar-refractivity contribution is -0.135. The molecule has 2 N–H and O–H groups in total. The molecule has 0 aliphatic heterocycles. The molecule has 0 unspecified atom stereocenters. The molecule has 0 aromatic carbocycles. The van der Waals surface area contributed by atoms with Crippen molar-refractivity contribution in [3.63, 3.8) is 0 Å². The smallest absolute Gasteiger partial charge is 0.223 e. The first-order valence-electron chi connectivity index (χ1n) is 7.77. The summed E-state index contributed by atoms with van der Waals surface area (Å²) in [5.41, 5.74) is 6.08. The van der Waals surface area contributed by atoms with E-state index in [0.29, 0.717) is 24.3 Å². The minimum Gasteiger partial charge on any atom is -0.340 e. The predicted molar refractivity (Wildman–Crippen MR) is 74.2 cm³/mol. The highest BCUT2D eigenvalue weighted by Gasteiger charge is 2.30. The molecule has 2 fully saturated rings. The van der Waals surface area contributed by atoms with Gasteiger partial charge in [0.15, 0.2) is 0 Å². The molecule has 2 rings (SSSR count). The first-order valence-corrected chi connectivity index (χ1v) is 7.77. The molecule has 0 saturated heterocycles. The Balaban J connectivity index is 1.88. The van der Waals surface area contributed by atoms with Gasteiger partial charge in [-0.1, -0.05) is 25.7 Å². The van der Waals surface area contributed by atoms with E-state index >= 15 is 0 Å². The van der Waals surface area contributed by atoms with Crippen molar-refractivity contribution in [1.82, 2.24) is 4.90 Å². The van der Waals surface area contributed by atoms with Gasteiger partial charge >= 0.3 is 0 Å². The molecular formula is C15H28N2O. The normalized spacial score (nSPS) is 29.4. The summed E-state index contributed by atoms with van der Waals surface area (Å²) in [7, 11) is 0. The first kappa shape index (κ1) is 13.9. The number of amides is 1. The Hall–Kier alpha value is -0.570. The van der Waals surface area contributed by atoms with Crippen LogP contribution in [0.3, 0.4) is 0 Å². The maximum absolute atomic E-state index is 12.4. The maximum atomic E-state index is 12.4. The Morgan fingerprint density at radius 2 is 1.83 bits per heavy atom. The minimum atomic E-state index is 0.263. The number of nitrogens with zero attached hydrogens (tertiary/aromatic N) is 1. The molecule has 0 aromatic heterocycles. The van der Waals surface area contributed by atoms with E-state index in [1.807, 2.05) is 0 Å². The van der Waals surface area contributed by atoms with E-state index in [9.17, 15) is 4.79 Å². The monoisotopic (exact) mass is 252 g/mol. The summed E-state index contributed by atoms with van der Waals surface area (Å²) in [5, 5.41) is 0. The minimum absolute atomic E-state index is 0.263. The van der Waals surface area contributed by atoms with E-state index < -0.39 is 0 Å². The van der Waals surface area contributed by atoms with E-state index in [2.05, 4.69) is 11.8 Å². The fourth-order valence-corrected chi connectivity index (χ4v) is 3.69. The van der Waals surface area contributed by atoms with Crippen molar-refractivity contribution in [3.8, 4) is 0 Å². The van der Waals surface area contributed by atoms with Crippen LogP contribution >= 0.6 is 0 Å². The van der Waals surface area contributed by atoms with Crippen LogP contribution in [0, 0.1) is 5.92 Å². The number of nitrogens with two attached hydrogens (primary N) is 1. The Bertz CT molecular complexity index is 274. The zero-order chi connectivity index (χ0) is 13.0. The van der Waals surface area contributed by atoms with Gasteiger partial charge < -0.3 is 10.6 Å². The summed E-state index contributed by atoms with van der Waals surface area (Å²) < 4.78 is 0. The summed E-state index contributed by atoms with van der Waals surface area (Å²) in [6.07, 6.45) is 10.5. The molecule has 2 saturated carbocycles. The summed E-state index contributed by atoms with van der Waals surface area (Å²) in [5.74, 6) is 0.793. The van der Waals surface area contributed by atoms with Crippen LogP contribution in [0.4, 0.5) is 0 Å². The Morgan fingerprint density at radius 3 is 2.39 bits per heavy atom. The molecule has 3 nitrogen and oxygen atoms in total. The fraction of sp³-hybridized carbons (Fsp3) is 0.933. The summed E-state index contributed by atoms with van der Waals surface area (Å²) in [4.78, 5) is 14.6. The van der Waals surface area contributed by atoms with Gasteiger partial charge in [0.1, 0.15) is 0 Å². The van der Waals surface area contributed by atoms with Crippen molar-refractivity contribution < 1.29 is 4.79 Å². The lowest BCUT2D eigenvalue weighted by Gasteiger charge is -2.34. The highest BCUT2D eigenvalue weighted by molar-refractivity contribution is 5.77. The van der Waals surface area contributed by atoms with Crippen LogP contribution in [0.1, 0.15) is 64.7 Å². The molecule has 1 amide bonds. The second-order valence-corrected chi connectivity index (χ2v) is 6.03. The molecule has 2 aliphatic carbocycles. The second-order valence-electron chi connectivity index (χ2n) is 6.03. The molecule has 0 radical (unpaired) electrons. The quantitative estimate of drug-likeness (QED) is 0.836. The maximum Gasteiger partial charge on any atom is 0.223 e. The molecule has 2 aliphatic rings. The largest absolute Gasteiger partial charge is 0.340 e. The van der Waals surface area contributed by atoms with Gasteiger partial charge in [-0.2, -0.15) is 0 Å². The van der Waals surface area contributed by atoms with Crippen LogP contribution in [0.5, 0.6) is 0 Å². The van der Waals surface area contributed by atoms with Crippen LogP contribution in [0.25, 0.3) is 0 Å². The van der Waals surface area contributed by atoms with Crippen LogP contribution in [0.2, 0.25) is 0 Å². The van der Waals surface area contributed by atoms with Crippen molar-refractivity contribution >= 4 is 5.91 Å².